The number of amides is 1. The Hall–Kier alpha value is -3.17. The Morgan fingerprint density at radius 1 is 1.14 bits per heavy atom. The number of anilines is 1. The standard InChI is InChI=1S/C20H15NO6S2/c22-17(23)7-8-27-15-6-1-3-12(9-15)10-16-18(24)21(20(28)29-16)14-5-2-4-13(11-14)19(25)26/h1-6,9-11H,7-8H2,(H,22,23)(H,25,26)/b16-10-. The Bertz CT molecular complexity index is 1030. The van der Waals surface area contributed by atoms with Gasteiger partial charge in [0.15, 0.2) is 4.32 Å². The predicted octanol–water partition coefficient (Wildman–Crippen LogP) is 3.64. The molecule has 1 aliphatic heterocycles. The molecule has 0 radical (unpaired) electrons. The van der Waals surface area contributed by atoms with E-state index < -0.39 is 11.9 Å². The molecule has 2 N–H and O–H groups in total. The monoisotopic (exact) mass is 429 g/mol. The molecular formula is C20H15NO6S2. The summed E-state index contributed by atoms with van der Waals surface area (Å²) >= 11 is 6.43. The number of hydrogen-bond donors (Lipinski definition) is 2. The summed E-state index contributed by atoms with van der Waals surface area (Å²) < 4.78 is 5.71. The Morgan fingerprint density at radius 2 is 1.90 bits per heavy atom. The number of aliphatic carboxylic acids is 1. The Labute approximate surface area is 175 Å². The lowest BCUT2D eigenvalue weighted by atomic mass is 10.1. The van der Waals surface area contributed by atoms with Gasteiger partial charge in [-0.15, -0.1) is 0 Å². The van der Waals surface area contributed by atoms with Crippen LogP contribution in [0.1, 0.15) is 22.3 Å². The first-order chi connectivity index (χ1) is 13.8. The molecule has 0 spiro atoms. The average molecular weight is 429 g/mol. The van der Waals surface area contributed by atoms with Crippen LogP contribution in [0.2, 0.25) is 0 Å². The predicted molar refractivity (Wildman–Crippen MR) is 113 cm³/mol. The van der Waals surface area contributed by atoms with E-state index >= 15 is 0 Å². The van der Waals surface area contributed by atoms with Crippen molar-refractivity contribution in [2.75, 3.05) is 11.5 Å². The van der Waals surface area contributed by atoms with Crippen LogP contribution < -0.4 is 9.64 Å². The van der Waals surface area contributed by atoms with Crippen molar-refractivity contribution in [2.45, 2.75) is 6.42 Å². The number of thiocarbonyl (C=S) groups is 1. The van der Waals surface area contributed by atoms with Gasteiger partial charge < -0.3 is 14.9 Å². The second-order valence-corrected chi connectivity index (χ2v) is 7.61. The van der Waals surface area contributed by atoms with Crippen molar-refractivity contribution in [3.05, 3.63) is 64.6 Å². The number of hydrogen-bond acceptors (Lipinski definition) is 6. The van der Waals surface area contributed by atoms with Crippen molar-refractivity contribution in [3.8, 4) is 5.75 Å². The highest BCUT2D eigenvalue weighted by atomic mass is 32.2. The summed E-state index contributed by atoms with van der Waals surface area (Å²) in [6.07, 6.45) is 1.54. The molecule has 1 saturated heterocycles. The fourth-order valence-corrected chi connectivity index (χ4v) is 3.87. The summed E-state index contributed by atoms with van der Waals surface area (Å²) in [5.41, 5.74) is 1.14. The van der Waals surface area contributed by atoms with Crippen LogP contribution >= 0.6 is 24.0 Å². The summed E-state index contributed by atoms with van der Waals surface area (Å²) in [5, 5.41) is 17.8. The highest BCUT2D eigenvalue weighted by Crippen LogP contribution is 2.36. The van der Waals surface area contributed by atoms with E-state index in [0.29, 0.717) is 26.2 Å². The van der Waals surface area contributed by atoms with Crippen LogP contribution in [-0.4, -0.2) is 39.0 Å². The molecule has 2 aromatic rings. The van der Waals surface area contributed by atoms with Crippen molar-refractivity contribution < 1.29 is 29.3 Å². The van der Waals surface area contributed by atoms with E-state index in [0.717, 1.165) is 11.8 Å². The number of nitrogens with zero attached hydrogens (tertiary/aromatic N) is 1. The third-order valence-corrected chi connectivity index (χ3v) is 5.19. The zero-order chi connectivity index (χ0) is 21.0. The summed E-state index contributed by atoms with van der Waals surface area (Å²) in [7, 11) is 0. The third kappa shape index (κ3) is 5.01. The van der Waals surface area contributed by atoms with E-state index in [1.165, 1.54) is 17.0 Å². The highest BCUT2D eigenvalue weighted by molar-refractivity contribution is 8.27. The van der Waals surface area contributed by atoms with Gasteiger partial charge in [0.05, 0.1) is 29.2 Å². The second kappa shape index (κ2) is 8.89. The van der Waals surface area contributed by atoms with Crippen molar-refractivity contribution in [3.63, 3.8) is 0 Å². The molecule has 0 unspecified atom stereocenters. The van der Waals surface area contributed by atoms with Crippen molar-refractivity contribution in [2.24, 2.45) is 0 Å². The largest absolute Gasteiger partial charge is 0.493 e. The van der Waals surface area contributed by atoms with Crippen LogP contribution in [-0.2, 0) is 9.59 Å². The number of benzene rings is 2. The zero-order valence-corrected chi connectivity index (χ0v) is 16.5. The summed E-state index contributed by atoms with van der Waals surface area (Å²) in [5.74, 6) is -1.89. The third-order valence-electron chi connectivity index (χ3n) is 3.89. The number of carboxylic acid groups (broad SMARTS) is 2. The topological polar surface area (TPSA) is 104 Å². The minimum absolute atomic E-state index is 0.0425. The van der Waals surface area contributed by atoms with Gasteiger partial charge in [-0.25, -0.2) is 4.79 Å². The van der Waals surface area contributed by atoms with Gasteiger partial charge in [0, 0.05) is 0 Å². The molecule has 9 heteroatoms. The van der Waals surface area contributed by atoms with Gasteiger partial charge in [-0.1, -0.05) is 42.2 Å². The molecule has 1 heterocycles. The smallest absolute Gasteiger partial charge is 0.335 e. The number of aromatic carboxylic acids is 1. The number of carbonyl (C=O) groups is 3. The average Bonchev–Trinajstić information content (AvgIpc) is 2.95. The fourth-order valence-electron chi connectivity index (χ4n) is 2.57. The van der Waals surface area contributed by atoms with Gasteiger partial charge >= 0.3 is 11.9 Å². The number of carboxylic acids is 2. The van der Waals surface area contributed by atoms with E-state index in [1.54, 1.807) is 42.5 Å². The lowest BCUT2D eigenvalue weighted by Crippen LogP contribution is -2.27. The lowest BCUT2D eigenvalue weighted by molar-refractivity contribution is -0.137. The molecule has 3 rings (SSSR count). The maximum atomic E-state index is 12.8. The van der Waals surface area contributed by atoms with Crippen LogP contribution in [0.5, 0.6) is 5.75 Å². The van der Waals surface area contributed by atoms with Crippen molar-refractivity contribution >= 4 is 57.9 Å². The minimum Gasteiger partial charge on any atom is -0.493 e. The second-order valence-electron chi connectivity index (χ2n) is 5.94. The molecule has 1 aliphatic rings. The summed E-state index contributed by atoms with van der Waals surface area (Å²) in [6.45, 7) is 0.0425. The van der Waals surface area contributed by atoms with Gasteiger partial charge in [-0.05, 0) is 42.0 Å². The SMILES string of the molecule is O=C(O)CCOc1cccc(/C=C2\SC(=S)N(c3cccc(C(=O)O)c3)C2=O)c1. The molecule has 0 atom stereocenters. The number of rotatable bonds is 7. The Balaban J connectivity index is 1.80. The first-order valence-corrected chi connectivity index (χ1v) is 9.63. The summed E-state index contributed by atoms with van der Waals surface area (Å²) in [4.78, 5) is 36.3. The van der Waals surface area contributed by atoms with Gasteiger partial charge in [0.1, 0.15) is 5.75 Å². The number of thioether (sulfide) groups is 1. The van der Waals surface area contributed by atoms with Crippen LogP contribution in [0.25, 0.3) is 6.08 Å². The van der Waals surface area contributed by atoms with Crippen LogP contribution in [0.4, 0.5) is 5.69 Å². The van der Waals surface area contributed by atoms with Gasteiger partial charge in [0.2, 0.25) is 0 Å². The molecular weight excluding hydrogens is 414 g/mol. The number of carbonyl (C=O) groups excluding carboxylic acids is 1. The minimum atomic E-state index is -1.09. The zero-order valence-electron chi connectivity index (χ0n) is 14.9. The summed E-state index contributed by atoms with van der Waals surface area (Å²) in [6, 6.07) is 12.9. The first kappa shape index (κ1) is 20.6. The molecule has 1 fully saturated rings. The highest BCUT2D eigenvalue weighted by Gasteiger charge is 2.33. The van der Waals surface area contributed by atoms with E-state index in [2.05, 4.69) is 0 Å². The molecule has 0 aromatic heterocycles. The van der Waals surface area contributed by atoms with Gasteiger partial charge in [-0.2, -0.15) is 0 Å². The molecule has 0 bridgehead atoms. The maximum absolute atomic E-state index is 12.8. The molecule has 0 saturated carbocycles. The van der Waals surface area contributed by atoms with Gasteiger partial charge in [0.25, 0.3) is 5.91 Å². The quantitative estimate of drug-likeness (QED) is 0.508. The molecule has 1 amide bonds. The number of ether oxygens (including phenoxy) is 1. The first-order valence-electron chi connectivity index (χ1n) is 8.41. The van der Waals surface area contributed by atoms with Gasteiger partial charge in [-0.3, -0.25) is 14.5 Å². The van der Waals surface area contributed by atoms with E-state index in [-0.39, 0.29) is 24.5 Å². The van der Waals surface area contributed by atoms with E-state index in [4.69, 9.17) is 27.2 Å². The molecule has 0 aliphatic carbocycles. The molecule has 7 nitrogen and oxygen atoms in total. The lowest BCUT2D eigenvalue weighted by Gasteiger charge is -2.14. The Kier molecular flexibility index (Phi) is 6.30. The van der Waals surface area contributed by atoms with Crippen LogP contribution in [0.15, 0.2) is 53.4 Å². The van der Waals surface area contributed by atoms with Crippen LogP contribution in [0, 0.1) is 0 Å². The normalized spacial score (nSPS) is 15.0. The molecule has 29 heavy (non-hydrogen) atoms. The van der Waals surface area contributed by atoms with Crippen molar-refractivity contribution in [1.29, 1.82) is 0 Å². The molecule has 148 valence electrons. The van der Waals surface area contributed by atoms with E-state index in [1.807, 2.05) is 0 Å². The van der Waals surface area contributed by atoms with Crippen LogP contribution in [0.3, 0.4) is 0 Å². The fraction of sp³-hybridized carbons (Fsp3) is 0.100. The van der Waals surface area contributed by atoms with Crippen molar-refractivity contribution in [1.82, 2.24) is 0 Å². The Morgan fingerprint density at radius 3 is 2.62 bits per heavy atom. The molecule has 2 aromatic carbocycles. The maximum Gasteiger partial charge on any atom is 0.335 e. The van der Waals surface area contributed by atoms with E-state index in [9.17, 15) is 14.4 Å².